The highest BCUT2D eigenvalue weighted by molar-refractivity contribution is 7.18. The van der Waals surface area contributed by atoms with Crippen LogP contribution in [-0.4, -0.2) is 26.2 Å². The van der Waals surface area contributed by atoms with E-state index in [0.717, 1.165) is 16.0 Å². The zero-order valence-corrected chi connectivity index (χ0v) is 14.6. The van der Waals surface area contributed by atoms with Crippen LogP contribution in [0.4, 0.5) is 0 Å². The summed E-state index contributed by atoms with van der Waals surface area (Å²) in [4.78, 5) is 25.8. The number of carbonyl (C=O) groups excluding carboxylic acids is 2. The van der Waals surface area contributed by atoms with E-state index in [1.165, 1.54) is 25.6 Å². The van der Waals surface area contributed by atoms with E-state index in [-0.39, 0.29) is 10.4 Å². The molecule has 0 N–H and O–H groups in total. The standard InChI is InChI=1S/C20H16O4S/c1-23-19(21)16-15(13-9-5-3-6-10-13)17(14-11-7-4-8-12-14)25-18(16)20(22)24-2/h3-12H,1-2H3. The number of hydrogen-bond donors (Lipinski definition) is 0. The summed E-state index contributed by atoms with van der Waals surface area (Å²) in [6, 6.07) is 19.1. The molecular formula is C20H16O4S. The van der Waals surface area contributed by atoms with Gasteiger partial charge in [-0.1, -0.05) is 60.7 Å². The molecule has 0 spiro atoms. The van der Waals surface area contributed by atoms with Crippen LogP contribution in [0.2, 0.25) is 0 Å². The summed E-state index contributed by atoms with van der Waals surface area (Å²) < 4.78 is 9.82. The fourth-order valence-corrected chi connectivity index (χ4v) is 3.87. The summed E-state index contributed by atoms with van der Waals surface area (Å²) in [5.74, 6) is -1.11. The minimum atomic E-state index is -0.558. The van der Waals surface area contributed by atoms with Gasteiger partial charge in [0.1, 0.15) is 4.88 Å². The second-order valence-electron chi connectivity index (χ2n) is 5.23. The Morgan fingerprint density at radius 3 is 1.80 bits per heavy atom. The molecule has 126 valence electrons. The van der Waals surface area contributed by atoms with Gasteiger partial charge in [0, 0.05) is 10.4 Å². The normalized spacial score (nSPS) is 10.3. The number of esters is 2. The van der Waals surface area contributed by atoms with Crippen LogP contribution < -0.4 is 0 Å². The summed E-state index contributed by atoms with van der Waals surface area (Å²) in [5.41, 5.74) is 2.69. The van der Waals surface area contributed by atoms with Crippen molar-refractivity contribution >= 4 is 23.3 Å². The topological polar surface area (TPSA) is 52.6 Å². The van der Waals surface area contributed by atoms with Gasteiger partial charge in [-0.05, 0) is 11.1 Å². The van der Waals surface area contributed by atoms with Crippen molar-refractivity contribution in [3.8, 4) is 21.6 Å². The maximum absolute atomic E-state index is 12.5. The molecule has 0 radical (unpaired) electrons. The van der Waals surface area contributed by atoms with Crippen molar-refractivity contribution in [3.63, 3.8) is 0 Å². The van der Waals surface area contributed by atoms with Gasteiger partial charge in [-0.2, -0.15) is 0 Å². The second-order valence-corrected chi connectivity index (χ2v) is 6.25. The first-order valence-corrected chi connectivity index (χ1v) is 8.43. The lowest BCUT2D eigenvalue weighted by molar-refractivity contribution is 0.0561. The van der Waals surface area contributed by atoms with Crippen molar-refractivity contribution in [2.45, 2.75) is 0 Å². The van der Waals surface area contributed by atoms with Crippen LogP contribution in [0.1, 0.15) is 20.0 Å². The van der Waals surface area contributed by atoms with E-state index < -0.39 is 11.9 Å². The third-order valence-electron chi connectivity index (χ3n) is 3.77. The van der Waals surface area contributed by atoms with Crippen LogP contribution in [0.15, 0.2) is 60.7 Å². The summed E-state index contributed by atoms with van der Waals surface area (Å²) in [6.45, 7) is 0. The summed E-state index contributed by atoms with van der Waals surface area (Å²) in [7, 11) is 2.60. The summed E-state index contributed by atoms with van der Waals surface area (Å²) in [5, 5.41) is 0. The van der Waals surface area contributed by atoms with Crippen molar-refractivity contribution in [1.82, 2.24) is 0 Å². The Balaban J connectivity index is 2.37. The lowest BCUT2D eigenvalue weighted by atomic mass is 9.97. The molecule has 0 aliphatic carbocycles. The van der Waals surface area contributed by atoms with Gasteiger partial charge in [0.15, 0.2) is 0 Å². The summed E-state index contributed by atoms with van der Waals surface area (Å²) >= 11 is 1.24. The fourth-order valence-electron chi connectivity index (χ4n) is 2.64. The Labute approximate surface area is 149 Å². The quantitative estimate of drug-likeness (QED) is 0.641. The van der Waals surface area contributed by atoms with Gasteiger partial charge < -0.3 is 9.47 Å². The zero-order valence-electron chi connectivity index (χ0n) is 13.8. The third kappa shape index (κ3) is 3.19. The molecule has 0 saturated carbocycles. The maximum atomic E-state index is 12.5. The lowest BCUT2D eigenvalue weighted by Gasteiger charge is -2.08. The average molecular weight is 352 g/mol. The molecule has 3 aromatic rings. The van der Waals surface area contributed by atoms with Gasteiger partial charge in [-0.15, -0.1) is 11.3 Å². The zero-order chi connectivity index (χ0) is 17.8. The number of carbonyl (C=O) groups is 2. The first kappa shape index (κ1) is 16.9. The number of methoxy groups -OCH3 is 2. The molecule has 0 unspecified atom stereocenters. The van der Waals surface area contributed by atoms with Crippen LogP contribution in [0.25, 0.3) is 21.6 Å². The van der Waals surface area contributed by atoms with E-state index in [2.05, 4.69) is 0 Å². The molecule has 0 aliphatic heterocycles. The minimum Gasteiger partial charge on any atom is -0.465 e. The maximum Gasteiger partial charge on any atom is 0.348 e. The minimum absolute atomic E-state index is 0.240. The van der Waals surface area contributed by atoms with E-state index in [4.69, 9.17) is 9.47 Å². The number of ether oxygens (including phenoxy) is 2. The van der Waals surface area contributed by atoms with Crippen molar-refractivity contribution in [1.29, 1.82) is 0 Å². The molecule has 5 heteroatoms. The predicted molar refractivity (Wildman–Crippen MR) is 97.9 cm³/mol. The second kappa shape index (κ2) is 7.32. The van der Waals surface area contributed by atoms with E-state index in [9.17, 15) is 9.59 Å². The fraction of sp³-hybridized carbons (Fsp3) is 0.100. The van der Waals surface area contributed by atoms with Crippen molar-refractivity contribution in [2.75, 3.05) is 14.2 Å². The van der Waals surface area contributed by atoms with E-state index in [0.29, 0.717) is 5.56 Å². The van der Waals surface area contributed by atoms with Gasteiger partial charge in [-0.3, -0.25) is 0 Å². The Hall–Kier alpha value is -2.92. The van der Waals surface area contributed by atoms with Crippen molar-refractivity contribution in [2.24, 2.45) is 0 Å². The molecule has 0 fully saturated rings. The number of hydrogen-bond acceptors (Lipinski definition) is 5. The van der Waals surface area contributed by atoms with Gasteiger partial charge >= 0.3 is 11.9 Å². The molecule has 0 aliphatic rings. The predicted octanol–water partition coefficient (Wildman–Crippen LogP) is 4.66. The smallest absolute Gasteiger partial charge is 0.348 e. The monoisotopic (exact) mass is 352 g/mol. The van der Waals surface area contributed by atoms with Crippen LogP contribution in [0, 0.1) is 0 Å². The number of benzene rings is 2. The Morgan fingerprint density at radius 1 is 0.760 bits per heavy atom. The first-order valence-electron chi connectivity index (χ1n) is 7.61. The van der Waals surface area contributed by atoms with E-state index in [1.54, 1.807) is 0 Å². The largest absolute Gasteiger partial charge is 0.465 e. The highest BCUT2D eigenvalue weighted by atomic mass is 32.1. The van der Waals surface area contributed by atoms with E-state index >= 15 is 0 Å². The van der Waals surface area contributed by atoms with Gasteiger partial charge in [0.05, 0.1) is 19.8 Å². The van der Waals surface area contributed by atoms with Crippen LogP contribution in [-0.2, 0) is 9.47 Å². The van der Waals surface area contributed by atoms with Gasteiger partial charge in [-0.25, -0.2) is 9.59 Å². The third-order valence-corrected chi connectivity index (χ3v) is 4.99. The molecule has 25 heavy (non-hydrogen) atoms. The highest BCUT2D eigenvalue weighted by Crippen LogP contribution is 2.43. The molecule has 2 aromatic carbocycles. The van der Waals surface area contributed by atoms with Crippen LogP contribution in [0.3, 0.4) is 0 Å². The van der Waals surface area contributed by atoms with E-state index in [1.807, 2.05) is 60.7 Å². The SMILES string of the molecule is COC(=O)c1sc(-c2ccccc2)c(-c2ccccc2)c1C(=O)OC. The van der Waals surface area contributed by atoms with Crippen molar-refractivity contribution < 1.29 is 19.1 Å². The number of thiophene rings is 1. The molecule has 0 bridgehead atoms. The molecule has 0 amide bonds. The highest BCUT2D eigenvalue weighted by Gasteiger charge is 2.30. The summed E-state index contributed by atoms with van der Waals surface area (Å²) in [6.07, 6.45) is 0. The molecular weight excluding hydrogens is 336 g/mol. The first-order chi connectivity index (χ1) is 12.2. The van der Waals surface area contributed by atoms with Gasteiger partial charge in [0.25, 0.3) is 0 Å². The van der Waals surface area contributed by atoms with Crippen molar-refractivity contribution in [3.05, 3.63) is 71.1 Å². The average Bonchev–Trinajstić information content (AvgIpc) is 3.08. The van der Waals surface area contributed by atoms with Crippen LogP contribution >= 0.6 is 11.3 Å². The van der Waals surface area contributed by atoms with Gasteiger partial charge in [0.2, 0.25) is 0 Å². The molecule has 3 rings (SSSR count). The Bertz CT molecular complexity index is 898. The lowest BCUT2D eigenvalue weighted by Crippen LogP contribution is -2.09. The molecule has 0 atom stereocenters. The Morgan fingerprint density at radius 2 is 1.28 bits per heavy atom. The molecule has 0 saturated heterocycles. The molecule has 4 nitrogen and oxygen atoms in total. The van der Waals surface area contributed by atoms with Crippen LogP contribution in [0.5, 0.6) is 0 Å². The Kier molecular flexibility index (Phi) is 4.95. The number of rotatable bonds is 4. The molecule has 1 aromatic heterocycles. The molecule has 1 heterocycles.